The summed E-state index contributed by atoms with van der Waals surface area (Å²) in [6.07, 6.45) is 2.06. The van der Waals surface area contributed by atoms with Crippen LogP contribution in [0.1, 0.15) is 32.8 Å². The van der Waals surface area contributed by atoms with Crippen molar-refractivity contribution >= 4 is 5.91 Å². The molecule has 0 saturated carbocycles. The Bertz CT molecular complexity index is 448. The zero-order valence-electron chi connectivity index (χ0n) is 13.3. The van der Waals surface area contributed by atoms with Gasteiger partial charge < -0.3 is 9.47 Å². The molecule has 1 rings (SSSR count). The third kappa shape index (κ3) is 5.27. The van der Waals surface area contributed by atoms with E-state index in [0.29, 0.717) is 24.7 Å². The summed E-state index contributed by atoms with van der Waals surface area (Å²) in [5, 5.41) is 1.30. The first kappa shape index (κ1) is 17.3. The van der Waals surface area contributed by atoms with Crippen LogP contribution in [0.4, 0.5) is 0 Å². The van der Waals surface area contributed by atoms with Gasteiger partial charge in [0.05, 0.1) is 13.7 Å². The fraction of sp³-hybridized carbons (Fsp3) is 0.562. The zero-order valence-corrected chi connectivity index (χ0v) is 13.3. The minimum Gasteiger partial charge on any atom is -0.493 e. The van der Waals surface area contributed by atoms with Crippen LogP contribution in [-0.2, 0) is 16.1 Å². The maximum absolute atomic E-state index is 11.9. The van der Waals surface area contributed by atoms with Crippen LogP contribution in [0.25, 0.3) is 0 Å². The number of nitrogens with zero attached hydrogens (tertiary/aromatic N) is 1. The summed E-state index contributed by atoms with van der Waals surface area (Å²) in [7, 11) is 1.60. The molecule has 0 aliphatic rings. The number of ether oxygens (including phenoxy) is 2. The van der Waals surface area contributed by atoms with E-state index in [2.05, 4.69) is 6.92 Å². The molecule has 0 aromatic heterocycles. The van der Waals surface area contributed by atoms with Gasteiger partial charge >= 0.3 is 0 Å². The molecule has 0 atom stereocenters. The molecule has 1 aromatic carbocycles. The number of benzene rings is 1. The highest BCUT2D eigenvalue weighted by Gasteiger charge is 2.14. The molecule has 0 aliphatic carbocycles. The SMILES string of the molecule is CCCc1ccc(OCC(=O)N(CC)OCC)c(OC)c1. The second-order valence-corrected chi connectivity index (χ2v) is 4.53. The summed E-state index contributed by atoms with van der Waals surface area (Å²) in [6.45, 7) is 6.69. The lowest BCUT2D eigenvalue weighted by Crippen LogP contribution is -2.34. The molecular weight excluding hydrogens is 270 g/mol. The molecule has 5 heteroatoms. The Morgan fingerprint density at radius 2 is 1.95 bits per heavy atom. The molecule has 0 unspecified atom stereocenters. The van der Waals surface area contributed by atoms with Crippen molar-refractivity contribution in [2.75, 3.05) is 26.9 Å². The second kappa shape index (κ2) is 9.23. The lowest BCUT2D eigenvalue weighted by Gasteiger charge is -2.19. The normalized spacial score (nSPS) is 10.3. The topological polar surface area (TPSA) is 48.0 Å². The van der Waals surface area contributed by atoms with Gasteiger partial charge in [-0.25, -0.2) is 5.06 Å². The van der Waals surface area contributed by atoms with Crippen LogP contribution in [0.2, 0.25) is 0 Å². The number of rotatable bonds is 9. The number of carbonyl (C=O) groups is 1. The van der Waals surface area contributed by atoms with Crippen LogP contribution in [0.15, 0.2) is 18.2 Å². The number of hydrogen-bond donors (Lipinski definition) is 0. The van der Waals surface area contributed by atoms with Gasteiger partial charge in [-0.05, 0) is 38.0 Å². The molecule has 0 radical (unpaired) electrons. The van der Waals surface area contributed by atoms with Crippen LogP contribution in [0.5, 0.6) is 11.5 Å². The van der Waals surface area contributed by atoms with Gasteiger partial charge in [0.1, 0.15) is 0 Å². The van der Waals surface area contributed by atoms with Crippen LogP contribution < -0.4 is 9.47 Å². The summed E-state index contributed by atoms with van der Waals surface area (Å²) in [5.74, 6) is 1.01. The fourth-order valence-corrected chi connectivity index (χ4v) is 1.98. The number of aryl methyl sites for hydroxylation is 1. The van der Waals surface area contributed by atoms with E-state index in [-0.39, 0.29) is 12.5 Å². The summed E-state index contributed by atoms with van der Waals surface area (Å²) in [4.78, 5) is 17.2. The Morgan fingerprint density at radius 1 is 1.19 bits per heavy atom. The minimum absolute atomic E-state index is 0.0721. The summed E-state index contributed by atoms with van der Waals surface area (Å²) in [5.41, 5.74) is 1.19. The Balaban J connectivity index is 2.67. The molecule has 0 saturated heterocycles. The molecular formula is C16H25NO4. The molecule has 0 spiro atoms. The Kier molecular flexibility index (Phi) is 7.61. The predicted octanol–water partition coefficient (Wildman–Crippen LogP) is 2.83. The quantitative estimate of drug-likeness (QED) is 0.657. The van der Waals surface area contributed by atoms with Crippen molar-refractivity contribution in [3.63, 3.8) is 0 Å². The average molecular weight is 295 g/mol. The average Bonchev–Trinajstić information content (AvgIpc) is 2.51. The molecule has 0 aliphatic heterocycles. The van der Waals surface area contributed by atoms with E-state index >= 15 is 0 Å². The van der Waals surface area contributed by atoms with E-state index in [1.807, 2.05) is 32.0 Å². The van der Waals surface area contributed by atoms with Gasteiger partial charge in [0, 0.05) is 6.54 Å². The highest BCUT2D eigenvalue weighted by molar-refractivity contribution is 5.76. The predicted molar refractivity (Wildman–Crippen MR) is 81.5 cm³/mol. The lowest BCUT2D eigenvalue weighted by atomic mass is 10.1. The third-order valence-electron chi connectivity index (χ3n) is 2.97. The van der Waals surface area contributed by atoms with E-state index in [0.717, 1.165) is 12.8 Å². The van der Waals surface area contributed by atoms with Crippen molar-refractivity contribution in [2.24, 2.45) is 0 Å². The van der Waals surface area contributed by atoms with Crippen molar-refractivity contribution in [3.05, 3.63) is 23.8 Å². The summed E-state index contributed by atoms with van der Waals surface area (Å²) < 4.78 is 10.9. The van der Waals surface area contributed by atoms with Crippen molar-refractivity contribution in [1.29, 1.82) is 0 Å². The molecule has 0 N–H and O–H groups in total. The number of carbonyl (C=O) groups excluding carboxylic acids is 1. The minimum atomic E-state index is -0.209. The molecule has 5 nitrogen and oxygen atoms in total. The Labute approximate surface area is 126 Å². The largest absolute Gasteiger partial charge is 0.493 e. The molecule has 0 bridgehead atoms. The fourth-order valence-electron chi connectivity index (χ4n) is 1.98. The molecule has 118 valence electrons. The van der Waals surface area contributed by atoms with Crippen molar-refractivity contribution < 1.29 is 19.1 Å². The highest BCUT2D eigenvalue weighted by Crippen LogP contribution is 2.28. The first-order chi connectivity index (χ1) is 10.2. The molecule has 1 amide bonds. The summed E-state index contributed by atoms with van der Waals surface area (Å²) in [6, 6.07) is 5.78. The summed E-state index contributed by atoms with van der Waals surface area (Å²) >= 11 is 0. The zero-order chi connectivity index (χ0) is 15.7. The molecule has 1 aromatic rings. The monoisotopic (exact) mass is 295 g/mol. The molecule has 21 heavy (non-hydrogen) atoms. The van der Waals surface area contributed by atoms with E-state index < -0.39 is 0 Å². The van der Waals surface area contributed by atoms with E-state index in [9.17, 15) is 4.79 Å². The van der Waals surface area contributed by atoms with Crippen LogP contribution in [-0.4, -0.2) is 37.8 Å². The maximum Gasteiger partial charge on any atom is 0.283 e. The van der Waals surface area contributed by atoms with Gasteiger partial charge in [-0.1, -0.05) is 19.4 Å². The number of hydrogen-bond acceptors (Lipinski definition) is 4. The van der Waals surface area contributed by atoms with Crippen molar-refractivity contribution in [3.8, 4) is 11.5 Å². The number of methoxy groups -OCH3 is 1. The van der Waals surface area contributed by atoms with Crippen LogP contribution >= 0.6 is 0 Å². The van der Waals surface area contributed by atoms with Crippen LogP contribution in [0.3, 0.4) is 0 Å². The van der Waals surface area contributed by atoms with E-state index in [1.54, 1.807) is 7.11 Å². The standard InChI is InChI=1S/C16H25NO4/c1-5-8-13-9-10-14(15(11-13)19-4)20-12-16(18)17(6-2)21-7-3/h9-11H,5-8,12H2,1-4H3. The van der Waals surface area contributed by atoms with Gasteiger partial charge in [0.15, 0.2) is 18.1 Å². The second-order valence-electron chi connectivity index (χ2n) is 4.53. The van der Waals surface area contributed by atoms with Crippen molar-refractivity contribution in [2.45, 2.75) is 33.6 Å². The maximum atomic E-state index is 11.9. The van der Waals surface area contributed by atoms with Gasteiger partial charge in [-0.15, -0.1) is 0 Å². The number of hydroxylamine groups is 2. The van der Waals surface area contributed by atoms with Gasteiger partial charge in [0.2, 0.25) is 0 Å². The molecule has 0 heterocycles. The van der Waals surface area contributed by atoms with E-state index in [1.165, 1.54) is 10.6 Å². The smallest absolute Gasteiger partial charge is 0.283 e. The lowest BCUT2D eigenvalue weighted by molar-refractivity contribution is -0.185. The Morgan fingerprint density at radius 3 is 2.52 bits per heavy atom. The first-order valence-corrected chi connectivity index (χ1v) is 7.39. The highest BCUT2D eigenvalue weighted by atomic mass is 16.7. The van der Waals surface area contributed by atoms with Gasteiger partial charge in [0.25, 0.3) is 5.91 Å². The Hall–Kier alpha value is -1.75. The van der Waals surface area contributed by atoms with Gasteiger partial charge in [-0.3, -0.25) is 9.63 Å². The number of likely N-dealkylation sites (N-methyl/N-ethyl adjacent to an activating group) is 1. The molecule has 0 fully saturated rings. The van der Waals surface area contributed by atoms with Crippen molar-refractivity contribution in [1.82, 2.24) is 5.06 Å². The van der Waals surface area contributed by atoms with E-state index in [4.69, 9.17) is 14.3 Å². The first-order valence-electron chi connectivity index (χ1n) is 7.39. The number of amides is 1. The third-order valence-corrected chi connectivity index (χ3v) is 2.97. The van der Waals surface area contributed by atoms with Crippen LogP contribution in [0, 0.1) is 0 Å². The van der Waals surface area contributed by atoms with Gasteiger partial charge in [-0.2, -0.15) is 0 Å².